The van der Waals surface area contributed by atoms with Crippen LogP contribution in [-0.2, 0) is 17.9 Å². The standard InChI is InChI=1S/C43H69O4PSi2/c1-14-15-22-32(2)29-34(46-49(10,11)42(4,5)6)27-28-37-38-30-33(3)41(39(38)31-40(37)47-50(12,13)43(7,8)9)45-48(44,35-23-18-16-19-24-35)36-25-20-17-21-26-36/h16-21,23-28,32,34,37-41H,3,14-15,22,29-31H2,1-2,4-13H3/t32-,34+,37-,38+,39-,40+,41?/m0/s1. The zero-order valence-corrected chi connectivity index (χ0v) is 36.4. The highest BCUT2D eigenvalue weighted by Crippen LogP contribution is 2.58. The number of unbranched alkanes of at least 4 members (excludes halogenated alkanes) is 1. The molecular formula is C43H69O4PSi2. The molecule has 4 nitrogen and oxygen atoms in total. The minimum Gasteiger partial charge on any atom is -0.413 e. The van der Waals surface area contributed by atoms with Gasteiger partial charge in [0.2, 0.25) is 0 Å². The molecule has 2 aromatic rings. The summed E-state index contributed by atoms with van der Waals surface area (Å²) >= 11 is 0. The Labute approximate surface area is 308 Å². The van der Waals surface area contributed by atoms with E-state index in [4.69, 9.17) is 13.4 Å². The van der Waals surface area contributed by atoms with Crippen LogP contribution < -0.4 is 10.6 Å². The normalized spacial score (nSPS) is 24.9. The van der Waals surface area contributed by atoms with Crippen molar-refractivity contribution in [2.24, 2.45) is 23.7 Å². The average Bonchev–Trinajstić information content (AvgIpc) is 3.51. The van der Waals surface area contributed by atoms with Crippen LogP contribution in [0.25, 0.3) is 0 Å². The molecule has 0 heterocycles. The second kappa shape index (κ2) is 16.2. The summed E-state index contributed by atoms with van der Waals surface area (Å²) in [6.45, 7) is 32.7. The molecule has 0 aliphatic heterocycles. The molecule has 2 aromatic carbocycles. The summed E-state index contributed by atoms with van der Waals surface area (Å²) in [6, 6.07) is 19.5. The molecule has 2 aliphatic rings. The molecule has 278 valence electrons. The maximum absolute atomic E-state index is 15.1. The lowest BCUT2D eigenvalue weighted by atomic mass is 9.89. The van der Waals surface area contributed by atoms with E-state index in [9.17, 15) is 0 Å². The zero-order valence-electron chi connectivity index (χ0n) is 33.5. The molecule has 50 heavy (non-hydrogen) atoms. The molecule has 0 amide bonds. The Kier molecular flexibility index (Phi) is 13.4. The fourth-order valence-electron chi connectivity index (χ4n) is 7.34. The maximum atomic E-state index is 15.1. The van der Waals surface area contributed by atoms with Crippen LogP contribution >= 0.6 is 7.37 Å². The van der Waals surface area contributed by atoms with Crippen molar-refractivity contribution < 1.29 is 17.9 Å². The van der Waals surface area contributed by atoms with Gasteiger partial charge in [-0.2, -0.15) is 0 Å². The second-order valence-electron chi connectivity index (χ2n) is 18.5. The highest BCUT2D eigenvalue weighted by molar-refractivity contribution is 7.74. The molecule has 1 unspecified atom stereocenters. The van der Waals surface area contributed by atoms with Crippen LogP contribution in [-0.4, -0.2) is 34.9 Å². The Morgan fingerprint density at radius 1 is 0.880 bits per heavy atom. The lowest BCUT2D eigenvalue weighted by Crippen LogP contribution is -2.45. The van der Waals surface area contributed by atoms with Crippen LogP contribution in [0.15, 0.2) is 85.0 Å². The van der Waals surface area contributed by atoms with Crippen LogP contribution in [0.3, 0.4) is 0 Å². The van der Waals surface area contributed by atoms with E-state index in [0.717, 1.165) is 35.4 Å². The van der Waals surface area contributed by atoms with Crippen molar-refractivity contribution in [2.45, 2.75) is 148 Å². The van der Waals surface area contributed by atoms with E-state index in [2.05, 4.69) is 100 Å². The van der Waals surface area contributed by atoms with Crippen LogP contribution in [0.4, 0.5) is 0 Å². The largest absolute Gasteiger partial charge is 0.413 e. The third-order valence-corrected chi connectivity index (χ3v) is 23.9. The fraction of sp³-hybridized carbons (Fsp3) is 0.628. The smallest absolute Gasteiger partial charge is 0.261 e. The SMILES string of the molecule is C=C1C[C@@H]2[C@H](C=C[C@H](C[C@@H](C)CCCC)O[Si](C)(C)C(C)(C)C)[C@H](O[Si](C)(C)C(C)(C)C)C[C@@H]2C1OP(=O)(c1ccccc1)c1ccccc1. The summed E-state index contributed by atoms with van der Waals surface area (Å²) < 4.78 is 36.6. The summed E-state index contributed by atoms with van der Waals surface area (Å²) in [5.41, 5.74) is 1.05. The first-order chi connectivity index (χ1) is 23.2. The summed E-state index contributed by atoms with van der Waals surface area (Å²) in [5, 5.41) is 1.69. The van der Waals surface area contributed by atoms with Crippen molar-refractivity contribution in [3.05, 3.63) is 85.0 Å². The molecule has 2 aliphatic carbocycles. The lowest BCUT2D eigenvalue weighted by Gasteiger charge is -2.40. The summed E-state index contributed by atoms with van der Waals surface area (Å²) in [4.78, 5) is 0. The monoisotopic (exact) mass is 736 g/mol. The van der Waals surface area contributed by atoms with Crippen LogP contribution in [0.5, 0.6) is 0 Å². The number of benzene rings is 2. The summed E-state index contributed by atoms with van der Waals surface area (Å²) in [5.74, 6) is 1.29. The van der Waals surface area contributed by atoms with Crippen LogP contribution in [0, 0.1) is 23.7 Å². The molecule has 4 rings (SSSR count). The minimum absolute atomic E-state index is 0.0696. The quantitative estimate of drug-likeness (QED) is 0.104. The van der Waals surface area contributed by atoms with Crippen LogP contribution in [0.1, 0.15) is 93.9 Å². The van der Waals surface area contributed by atoms with Gasteiger partial charge in [0.25, 0.3) is 7.37 Å². The third kappa shape index (κ3) is 9.52. The lowest BCUT2D eigenvalue weighted by molar-refractivity contribution is 0.138. The Morgan fingerprint density at radius 3 is 1.92 bits per heavy atom. The molecule has 0 aromatic heterocycles. The second-order valence-corrected chi connectivity index (χ2v) is 30.3. The number of hydrogen-bond acceptors (Lipinski definition) is 4. The molecule has 7 atom stereocenters. The molecular weight excluding hydrogens is 668 g/mol. The molecule has 2 fully saturated rings. The van der Waals surface area contributed by atoms with Gasteiger partial charge in [-0.3, -0.25) is 4.57 Å². The van der Waals surface area contributed by atoms with E-state index >= 15 is 4.57 Å². The van der Waals surface area contributed by atoms with Gasteiger partial charge in [0.05, 0.1) is 18.3 Å². The van der Waals surface area contributed by atoms with Gasteiger partial charge < -0.3 is 13.4 Å². The van der Waals surface area contributed by atoms with Crippen molar-refractivity contribution in [2.75, 3.05) is 0 Å². The van der Waals surface area contributed by atoms with Gasteiger partial charge in [-0.1, -0.05) is 130 Å². The van der Waals surface area contributed by atoms with E-state index in [1.807, 2.05) is 60.7 Å². The molecule has 0 bridgehead atoms. The third-order valence-electron chi connectivity index (χ3n) is 12.5. The highest BCUT2D eigenvalue weighted by atomic mass is 31.2. The predicted octanol–water partition coefficient (Wildman–Crippen LogP) is 12.1. The van der Waals surface area contributed by atoms with Gasteiger partial charge in [-0.05, 0) is 103 Å². The average molecular weight is 737 g/mol. The maximum Gasteiger partial charge on any atom is 0.261 e. The Balaban J connectivity index is 1.71. The first-order valence-corrected chi connectivity index (χ1v) is 26.8. The molecule has 7 heteroatoms. The first kappa shape index (κ1) is 41.2. The van der Waals surface area contributed by atoms with Crippen molar-refractivity contribution in [1.82, 2.24) is 0 Å². The predicted molar refractivity (Wildman–Crippen MR) is 220 cm³/mol. The highest BCUT2D eigenvalue weighted by Gasteiger charge is 2.55. The minimum atomic E-state index is -3.39. The molecule has 0 spiro atoms. The Hall–Kier alpha value is -1.54. The number of rotatable bonds is 15. The molecule has 0 saturated heterocycles. The van der Waals surface area contributed by atoms with E-state index in [0.29, 0.717) is 11.8 Å². The Bertz CT molecular complexity index is 1430. The van der Waals surface area contributed by atoms with E-state index < -0.39 is 24.0 Å². The van der Waals surface area contributed by atoms with E-state index in [-0.39, 0.29) is 40.2 Å². The van der Waals surface area contributed by atoms with Gasteiger partial charge >= 0.3 is 0 Å². The van der Waals surface area contributed by atoms with E-state index in [1.165, 1.54) is 19.3 Å². The van der Waals surface area contributed by atoms with Crippen molar-refractivity contribution in [3.63, 3.8) is 0 Å². The van der Waals surface area contributed by atoms with Gasteiger partial charge in [0.1, 0.15) is 0 Å². The topological polar surface area (TPSA) is 44.8 Å². The zero-order chi connectivity index (χ0) is 37.1. The fourth-order valence-corrected chi connectivity index (χ4v) is 12.3. The van der Waals surface area contributed by atoms with Crippen LogP contribution in [0.2, 0.25) is 36.3 Å². The number of fused-ring (bicyclic) bond motifs is 1. The molecule has 0 radical (unpaired) electrons. The van der Waals surface area contributed by atoms with Crippen molar-refractivity contribution in [1.29, 1.82) is 0 Å². The van der Waals surface area contributed by atoms with Gasteiger partial charge in [-0.25, -0.2) is 0 Å². The summed E-state index contributed by atoms with van der Waals surface area (Å²) in [7, 11) is -7.48. The van der Waals surface area contributed by atoms with Gasteiger partial charge in [0, 0.05) is 16.5 Å². The van der Waals surface area contributed by atoms with Crippen molar-refractivity contribution >= 4 is 34.6 Å². The Morgan fingerprint density at radius 2 is 1.42 bits per heavy atom. The van der Waals surface area contributed by atoms with Gasteiger partial charge in [-0.15, -0.1) is 0 Å². The first-order valence-electron chi connectivity index (χ1n) is 19.3. The van der Waals surface area contributed by atoms with Gasteiger partial charge in [0.15, 0.2) is 16.6 Å². The molecule has 0 N–H and O–H groups in total. The summed E-state index contributed by atoms with van der Waals surface area (Å²) in [6.07, 6.45) is 11.2. The molecule has 2 saturated carbocycles. The number of hydrogen-bond donors (Lipinski definition) is 0. The van der Waals surface area contributed by atoms with Crippen molar-refractivity contribution in [3.8, 4) is 0 Å². The van der Waals surface area contributed by atoms with E-state index in [1.54, 1.807) is 0 Å².